The lowest BCUT2D eigenvalue weighted by molar-refractivity contribution is 0.250. The van der Waals surface area contributed by atoms with Crippen molar-refractivity contribution in [1.82, 2.24) is 10.2 Å². The Balaban J connectivity index is 0.00000133. The average Bonchev–Trinajstić information content (AvgIpc) is 2.68. The highest BCUT2D eigenvalue weighted by molar-refractivity contribution is 6.30. The molecule has 2 saturated heterocycles. The summed E-state index contributed by atoms with van der Waals surface area (Å²) in [6.07, 6.45) is 3.79. The highest BCUT2D eigenvalue weighted by atomic mass is 35.5. The molecule has 2 aliphatic rings. The maximum Gasteiger partial charge on any atom is 0.142 e. The lowest BCUT2D eigenvalue weighted by Gasteiger charge is -2.24. The van der Waals surface area contributed by atoms with E-state index < -0.39 is 0 Å². The molecule has 0 spiro atoms. The minimum atomic E-state index is -0.316. The number of fused-ring (bicyclic) bond motifs is 2. The van der Waals surface area contributed by atoms with Gasteiger partial charge in [0.25, 0.3) is 0 Å². The van der Waals surface area contributed by atoms with Gasteiger partial charge < -0.3 is 5.32 Å². The molecular weight excluding hydrogens is 286 g/mol. The zero-order valence-corrected chi connectivity index (χ0v) is 12.3. The molecule has 0 aromatic heterocycles. The Labute approximate surface area is 124 Å². The van der Waals surface area contributed by atoms with E-state index in [4.69, 9.17) is 11.6 Å². The normalized spacial score (nSPS) is 26.8. The van der Waals surface area contributed by atoms with Gasteiger partial charge in [-0.2, -0.15) is 0 Å². The molecule has 2 aliphatic heterocycles. The molecule has 1 aromatic rings. The predicted molar refractivity (Wildman–Crippen MR) is 78.5 cm³/mol. The van der Waals surface area contributed by atoms with E-state index in [0.29, 0.717) is 12.1 Å². The van der Waals surface area contributed by atoms with Gasteiger partial charge >= 0.3 is 0 Å². The van der Waals surface area contributed by atoms with Crippen molar-refractivity contribution in [2.24, 2.45) is 0 Å². The Morgan fingerprint density at radius 1 is 1.26 bits per heavy atom. The molecule has 0 radical (unpaired) electrons. The van der Waals surface area contributed by atoms with Gasteiger partial charge in [0.2, 0.25) is 0 Å². The fourth-order valence-electron chi connectivity index (χ4n) is 3.06. The number of halogens is 3. The maximum absolute atomic E-state index is 13.4. The van der Waals surface area contributed by atoms with Gasteiger partial charge in [0, 0.05) is 31.7 Å². The molecule has 3 rings (SSSR count). The fourth-order valence-corrected chi connectivity index (χ4v) is 3.17. The van der Waals surface area contributed by atoms with E-state index in [0.717, 1.165) is 25.2 Å². The Bertz CT molecular complexity index is 441. The molecule has 0 amide bonds. The first-order chi connectivity index (χ1) is 8.70. The summed E-state index contributed by atoms with van der Waals surface area (Å²) in [7, 11) is 0. The first-order valence-electron chi connectivity index (χ1n) is 6.63. The van der Waals surface area contributed by atoms with Crippen LogP contribution in [0.25, 0.3) is 0 Å². The van der Waals surface area contributed by atoms with Gasteiger partial charge in [-0.3, -0.25) is 4.90 Å². The fraction of sp³-hybridized carbons (Fsp3) is 0.571. The molecule has 5 heteroatoms. The molecule has 0 saturated carbocycles. The third kappa shape index (κ3) is 3.60. The zero-order valence-electron chi connectivity index (χ0n) is 10.7. The zero-order chi connectivity index (χ0) is 12.5. The van der Waals surface area contributed by atoms with E-state index in [9.17, 15) is 4.39 Å². The average molecular weight is 305 g/mol. The van der Waals surface area contributed by atoms with E-state index in [-0.39, 0.29) is 23.2 Å². The minimum absolute atomic E-state index is 0. The smallest absolute Gasteiger partial charge is 0.142 e. The van der Waals surface area contributed by atoms with Crippen LogP contribution in [-0.2, 0) is 6.54 Å². The van der Waals surface area contributed by atoms with Crippen LogP contribution in [-0.4, -0.2) is 30.1 Å². The highest BCUT2D eigenvalue weighted by Crippen LogP contribution is 2.22. The van der Waals surface area contributed by atoms with E-state index in [2.05, 4.69) is 10.2 Å². The number of nitrogens with one attached hydrogen (secondary N) is 1. The van der Waals surface area contributed by atoms with Crippen molar-refractivity contribution >= 4 is 24.0 Å². The number of hydrogen-bond acceptors (Lipinski definition) is 2. The van der Waals surface area contributed by atoms with Gasteiger partial charge in [0.15, 0.2) is 0 Å². The van der Waals surface area contributed by atoms with Crippen molar-refractivity contribution in [3.8, 4) is 0 Å². The second-order valence-electron chi connectivity index (χ2n) is 5.41. The molecule has 19 heavy (non-hydrogen) atoms. The molecule has 2 atom stereocenters. The first-order valence-corrected chi connectivity index (χ1v) is 7.01. The molecule has 2 heterocycles. The second kappa shape index (κ2) is 6.40. The lowest BCUT2D eigenvalue weighted by atomic mass is 10.1. The van der Waals surface area contributed by atoms with Gasteiger partial charge in [-0.15, -0.1) is 12.4 Å². The standard InChI is InChI=1S/C14H18ClFN2.ClH/c15-13-4-1-10(7-14(13)16)8-18-6-5-11-2-3-12(9-18)17-11;/h1,4,7,11-12,17H,2-3,5-6,8-9H2;1H. The van der Waals surface area contributed by atoms with Crippen molar-refractivity contribution in [2.45, 2.75) is 37.9 Å². The van der Waals surface area contributed by atoms with Crippen LogP contribution in [0.15, 0.2) is 18.2 Å². The Morgan fingerprint density at radius 3 is 2.84 bits per heavy atom. The second-order valence-corrected chi connectivity index (χ2v) is 5.82. The predicted octanol–water partition coefficient (Wildman–Crippen LogP) is 3.23. The van der Waals surface area contributed by atoms with Crippen LogP contribution in [0.3, 0.4) is 0 Å². The topological polar surface area (TPSA) is 15.3 Å². The maximum atomic E-state index is 13.4. The third-order valence-electron chi connectivity index (χ3n) is 4.00. The SMILES string of the molecule is Cl.Fc1cc(CN2CCC3CCC(C2)N3)ccc1Cl. The molecular formula is C14H19Cl2FN2. The molecule has 1 aromatic carbocycles. The quantitative estimate of drug-likeness (QED) is 0.902. The van der Waals surface area contributed by atoms with Crippen LogP contribution in [0, 0.1) is 5.82 Å². The van der Waals surface area contributed by atoms with Gasteiger partial charge in [-0.25, -0.2) is 4.39 Å². The summed E-state index contributed by atoms with van der Waals surface area (Å²) in [5.41, 5.74) is 1.01. The molecule has 2 unspecified atom stereocenters. The van der Waals surface area contributed by atoms with Crippen LogP contribution in [0.4, 0.5) is 4.39 Å². The van der Waals surface area contributed by atoms with Crippen LogP contribution >= 0.6 is 24.0 Å². The number of rotatable bonds is 2. The van der Waals surface area contributed by atoms with Crippen LogP contribution in [0.5, 0.6) is 0 Å². The van der Waals surface area contributed by atoms with Crippen molar-refractivity contribution in [3.05, 3.63) is 34.6 Å². The minimum Gasteiger partial charge on any atom is -0.310 e. The summed E-state index contributed by atoms with van der Waals surface area (Å²) in [5.74, 6) is -0.316. The summed E-state index contributed by atoms with van der Waals surface area (Å²) >= 11 is 5.70. The van der Waals surface area contributed by atoms with Crippen LogP contribution in [0.1, 0.15) is 24.8 Å². The molecule has 1 N–H and O–H groups in total. The van der Waals surface area contributed by atoms with Gasteiger partial charge in [0.1, 0.15) is 5.82 Å². The molecule has 106 valence electrons. The molecule has 2 fully saturated rings. The Morgan fingerprint density at radius 2 is 2.05 bits per heavy atom. The Kier molecular flexibility index (Phi) is 5.07. The summed E-state index contributed by atoms with van der Waals surface area (Å²) < 4.78 is 13.4. The summed E-state index contributed by atoms with van der Waals surface area (Å²) in [6.45, 7) is 2.98. The van der Waals surface area contributed by atoms with Crippen molar-refractivity contribution in [2.75, 3.05) is 13.1 Å². The van der Waals surface area contributed by atoms with Gasteiger partial charge in [0.05, 0.1) is 5.02 Å². The summed E-state index contributed by atoms with van der Waals surface area (Å²) in [5, 5.41) is 3.86. The first kappa shape index (κ1) is 15.0. The number of likely N-dealkylation sites (tertiary alicyclic amines) is 1. The molecule has 0 aliphatic carbocycles. The lowest BCUT2D eigenvalue weighted by Crippen LogP contribution is -2.34. The van der Waals surface area contributed by atoms with Gasteiger partial charge in [-0.05, 0) is 37.0 Å². The highest BCUT2D eigenvalue weighted by Gasteiger charge is 2.29. The molecule has 2 bridgehead atoms. The number of nitrogens with zero attached hydrogens (tertiary/aromatic N) is 1. The van der Waals surface area contributed by atoms with Crippen LogP contribution < -0.4 is 5.32 Å². The molecule has 2 nitrogen and oxygen atoms in total. The Hall–Kier alpha value is -0.350. The van der Waals surface area contributed by atoms with Crippen molar-refractivity contribution < 1.29 is 4.39 Å². The third-order valence-corrected chi connectivity index (χ3v) is 4.30. The van der Waals surface area contributed by atoms with E-state index in [1.807, 2.05) is 6.07 Å². The van der Waals surface area contributed by atoms with Crippen LogP contribution in [0.2, 0.25) is 5.02 Å². The van der Waals surface area contributed by atoms with E-state index >= 15 is 0 Å². The largest absolute Gasteiger partial charge is 0.310 e. The van der Waals surface area contributed by atoms with E-state index in [1.165, 1.54) is 19.3 Å². The van der Waals surface area contributed by atoms with E-state index in [1.54, 1.807) is 12.1 Å². The van der Waals surface area contributed by atoms with Crippen molar-refractivity contribution in [1.29, 1.82) is 0 Å². The number of hydrogen-bond donors (Lipinski definition) is 1. The summed E-state index contributed by atoms with van der Waals surface area (Å²) in [4.78, 5) is 2.42. The number of benzene rings is 1. The summed E-state index contributed by atoms with van der Waals surface area (Å²) in [6, 6.07) is 6.44. The van der Waals surface area contributed by atoms with Crippen molar-refractivity contribution in [3.63, 3.8) is 0 Å². The monoisotopic (exact) mass is 304 g/mol. The van der Waals surface area contributed by atoms with Gasteiger partial charge in [-0.1, -0.05) is 17.7 Å².